The molecule has 4 aromatic carbocycles. The Morgan fingerprint density at radius 3 is 2.11 bits per heavy atom. The molecule has 0 saturated carbocycles. The number of fused-ring (bicyclic) bond motifs is 3. The number of carbonyl (C=O) groups excluding carboxylic acids is 1. The first-order valence-corrected chi connectivity index (χ1v) is 11.5. The predicted octanol–water partition coefficient (Wildman–Crippen LogP) is 8.05. The van der Waals surface area contributed by atoms with Crippen LogP contribution in [-0.2, 0) is 24.9 Å². The van der Waals surface area contributed by atoms with E-state index in [-0.39, 0.29) is 31.6 Å². The zero-order chi connectivity index (χ0) is 24.4. The molecule has 0 amide bonds. The molecule has 0 spiro atoms. The van der Waals surface area contributed by atoms with Crippen LogP contribution in [-0.4, -0.2) is 15.9 Å². The number of aliphatic hydroxyl groups is 1. The summed E-state index contributed by atoms with van der Waals surface area (Å²) in [5.74, 6) is -0.0625. The minimum atomic E-state index is -0.125. The molecule has 0 saturated heterocycles. The van der Waals surface area contributed by atoms with E-state index in [1.165, 1.54) is 58.7 Å². The number of nitrogens with zero attached hydrogens (tertiary/aromatic N) is 1. The van der Waals surface area contributed by atoms with Crippen LogP contribution in [0.3, 0.4) is 0 Å². The second kappa shape index (κ2) is 10.8. The van der Waals surface area contributed by atoms with Crippen molar-refractivity contribution in [1.29, 1.82) is 0 Å². The Bertz CT molecular complexity index is 1590. The van der Waals surface area contributed by atoms with E-state index < -0.39 is 0 Å². The van der Waals surface area contributed by atoms with Gasteiger partial charge in [-0.2, -0.15) is 0 Å². The van der Waals surface area contributed by atoms with Crippen LogP contribution in [0.5, 0.6) is 0 Å². The van der Waals surface area contributed by atoms with Gasteiger partial charge in [-0.1, -0.05) is 72.8 Å². The number of ketones is 1. The molecule has 4 heteroatoms. The van der Waals surface area contributed by atoms with Crippen molar-refractivity contribution in [2.75, 3.05) is 0 Å². The minimum Gasteiger partial charge on any atom is -0.512 e. The van der Waals surface area contributed by atoms with Crippen molar-refractivity contribution >= 4 is 16.7 Å². The third kappa shape index (κ3) is 5.06. The summed E-state index contributed by atoms with van der Waals surface area (Å²) < 4.78 is 0. The number of carbonyl (C=O) groups is 1. The maximum Gasteiger partial charge on any atom is 0.155 e. The van der Waals surface area contributed by atoms with Crippen molar-refractivity contribution in [3.8, 4) is 44.6 Å². The van der Waals surface area contributed by atoms with Gasteiger partial charge >= 0.3 is 0 Å². The van der Waals surface area contributed by atoms with Crippen LogP contribution in [0.15, 0.2) is 109 Å². The van der Waals surface area contributed by atoms with Gasteiger partial charge in [0.15, 0.2) is 5.78 Å². The Morgan fingerprint density at radius 1 is 0.778 bits per heavy atom. The molecular formula is C32H24IrNO2-. The maximum atomic E-state index is 10.0. The van der Waals surface area contributed by atoms with Gasteiger partial charge in [0.2, 0.25) is 0 Å². The molecule has 3 nitrogen and oxygen atoms in total. The van der Waals surface area contributed by atoms with Gasteiger partial charge in [0.1, 0.15) is 0 Å². The van der Waals surface area contributed by atoms with Crippen molar-refractivity contribution in [2.45, 2.75) is 13.8 Å². The summed E-state index contributed by atoms with van der Waals surface area (Å²) in [6, 6.07) is 37.4. The van der Waals surface area contributed by atoms with Gasteiger partial charge < -0.3 is 5.11 Å². The number of allylic oxidation sites excluding steroid dienone is 2. The molecule has 1 aromatic heterocycles. The molecular weight excluding hydrogens is 623 g/mol. The minimum absolute atomic E-state index is 0. The van der Waals surface area contributed by atoms with Crippen LogP contribution in [0.2, 0.25) is 0 Å². The van der Waals surface area contributed by atoms with Gasteiger partial charge in [-0.3, -0.25) is 9.78 Å². The third-order valence-corrected chi connectivity index (χ3v) is 5.94. The molecule has 0 bridgehead atoms. The van der Waals surface area contributed by atoms with Gasteiger partial charge in [-0.15, -0.1) is 35.4 Å². The number of rotatable bonds is 3. The topological polar surface area (TPSA) is 50.2 Å². The smallest absolute Gasteiger partial charge is 0.155 e. The van der Waals surface area contributed by atoms with Gasteiger partial charge in [-0.25, -0.2) is 0 Å². The van der Waals surface area contributed by atoms with Gasteiger partial charge in [-0.05, 0) is 53.4 Å². The van der Waals surface area contributed by atoms with Crippen LogP contribution in [0, 0.1) is 6.07 Å². The van der Waals surface area contributed by atoms with E-state index in [1.807, 2.05) is 12.1 Å². The summed E-state index contributed by atoms with van der Waals surface area (Å²) in [4.78, 5) is 15.0. The van der Waals surface area contributed by atoms with E-state index in [0.717, 1.165) is 16.8 Å². The number of hydrogen-bond acceptors (Lipinski definition) is 3. The molecule has 1 aliphatic rings. The molecule has 0 fully saturated rings. The van der Waals surface area contributed by atoms with Gasteiger partial charge in [0.25, 0.3) is 0 Å². The van der Waals surface area contributed by atoms with Gasteiger partial charge in [0.05, 0.1) is 11.3 Å². The number of hydrogen-bond donors (Lipinski definition) is 1. The molecule has 179 valence electrons. The number of pyridine rings is 1. The number of aromatic nitrogens is 1. The van der Waals surface area contributed by atoms with Crippen LogP contribution in [0.4, 0.5) is 0 Å². The Labute approximate surface area is 224 Å². The standard InChI is InChI=1S/C27H16N.C5H8O2.Ir/c1-2-8-18(9-3-1)19-10-6-11-20(16-19)26-17-24-22-13-5-4-12-21(22)23-14-7-15-25(28-26)27(23)24;1-4(6)3-5(2)7;/h1-10,12-17H;3,6H,1-2H3;/q-1;;/b;4-3-;. The average molecular weight is 647 g/mol. The van der Waals surface area contributed by atoms with Crippen molar-refractivity contribution < 1.29 is 30.0 Å². The number of aliphatic hydroxyl groups excluding tert-OH is 1. The van der Waals surface area contributed by atoms with Crippen LogP contribution < -0.4 is 0 Å². The molecule has 6 rings (SSSR count). The molecule has 1 heterocycles. The van der Waals surface area contributed by atoms with Crippen LogP contribution >= 0.6 is 0 Å². The van der Waals surface area contributed by atoms with E-state index in [0.29, 0.717) is 0 Å². The monoisotopic (exact) mass is 647 g/mol. The second-order valence-corrected chi connectivity index (χ2v) is 8.55. The van der Waals surface area contributed by atoms with E-state index in [4.69, 9.17) is 10.1 Å². The SMILES string of the molecule is CC(=O)/C=C(/C)O.[Ir].[c-]1ccc(-c2ccccc2)cc1-c1cc2c3c(cccc3n1)-c1ccccc1-2. The van der Waals surface area contributed by atoms with Crippen LogP contribution in [0.25, 0.3) is 55.5 Å². The zero-order valence-electron chi connectivity index (χ0n) is 20.0. The summed E-state index contributed by atoms with van der Waals surface area (Å²) >= 11 is 0. The molecule has 0 unspecified atom stereocenters. The Morgan fingerprint density at radius 2 is 1.44 bits per heavy atom. The molecule has 1 radical (unpaired) electrons. The molecule has 36 heavy (non-hydrogen) atoms. The summed E-state index contributed by atoms with van der Waals surface area (Å²) in [6.45, 7) is 2.85. The van der Waals surface area contributed by atoms with E-state index >= 15 is 0 Å². The first kappa shape index (κ1) is 25.2. The third-order valence-electron chi connectivity index (χ3n) is 5.94. The van der Waals surface area contributed by atoms with Crippen molar-refractivity contribution in [3.05, 3.63) is 115 Å². The number of benzene rings is 4. The molecule has 1 N–H and O–H groups in total. The van der Waals surface area contributed by atoms with Gasteiger partial charge in [0, 0.05) is 31.6 Å². The Hall–Kier alpha value is -3.85. The van der Waals surface area contributed by atoms with Crippen LogP contribution in [0.1, 0.15) is 13.8 Å². The quantitative estimate of drug-likeness (QED) is 0.120. The predicted molar refractivity (Wildman–Crippen MR) is 143 cm³/mol. The Balaban J connectivity index is 0.000000338. The summed E-state index contributed by atoms with van der Waals surface area (Å²) in [5, 5.41) is 9.62. The van der Waals surface area contributed by atoms with Crippen molar-refractivity contribution in [1.82, 2.24) is 4.98 Å². The van der Waals surface area contributed by atoms with E-state index in [2.05, 4.69) is 91.0 Å². The first-order valence-electron chi connectivity index (χ1n) is 11.5. The first-order chi connectivity index (χ1) is 17.0. The fourth-order valence-electron chi connectivity index (χ4n) is 4.53. The fraction of sp³-hybridized carbons (Fsp3) is 0.0625. The van der Waals surface area contributed by atoms with E-state index in [1.54, 1.807) is 0 Å². The fourth-order valence-corrected chi connectivity index (χ4v) is 4.53. The maximum absolute atomic E-state index is 10.0. The molecule has 1 aliphatic carbocycles. The van der Waals surface area contributed by atoms with E-state index in [9.17, 15) is 4.79 Å². The summed E-state index contributed by atoms with van der Waals surface area (Å²) in [7, 11) is 0. The largest absolute Gasteiger partial charge is 0.512 e. The molecule has 5 aromatic rings. The second-order valence-electron chi connectivity index (χ2n) is 8.55. The summed E-state index contributed by atoms with van der Waals surface area (Å²) in [6.07, 6.45) is 1.17. The normalized spacial score (nSPS) is 11.2. The summed E-state index contributed by atoms with van der Waals surface area (Å²) in [5.41, 5.74) is 10.6. The molecule has 0 atom stereocenters. The Kier molecular flexibility index (Phi) is 7.59. The van der Waals surface area contributed by atoms with Crippen molar-refractivity contribution in [3.63, 3.8) is 0 Å². The van der Waals surface area contributed by atoms with Crippen molar-refractivity contribution in [2.24, 2.45) is 0 Å². The zero-order valence-corrected chi connectivity index (χ0v) is 22.3. The average Bonchev–Trinajstić information content (AvgIpc) is 3.19. The molecule has 0 aliphatic heterocycles.